The maximum atomic E-state index is 11.6. The highest BCUT2D eigenvalue weighted by molar-refractivity contribution is 5.96. The standard InChI is InChI=1S/C16H24N4O3/c1-3-7-18-15(21)11-19-16(17-2)20-12-5-6-13-14(10-12)23-9-4-8-22-13/h5-6,10H,3-4,7-9,11H2,1-2H3,(H,18,21)(H2,17,19,20). The predicted octanol–water partition coefficient (Wildman–Crippen LogP) is 1.36. The molecule has 7 nitrogen and oxygen atoms in total. The van der Waals surface area contributed by atoms with E-state index < -0.39 is 0 Å². The second kappa shape index (κ2) is 8.87. The fraction of sp³-hybridized carbons (Fsp3) is 0.500. The van der Waals surface area contributed by atoms with E-state index in [1.54, 1.807) is 7.05 Å². The average Bonchev–Trinajstić information content (AvgIpc) is 2.81. The summed E-state index contributed by atoms with van der Waals surface area (Å²) in [4.78, 5) is 15.7. The molecule has 2 rings (SSSR count). The quantitative estimate of drug-likeness (QED) is 0.563. The number of amides is 1. The van der Waals surface area contributed by atoms with E-state index in [-0.39, 0.29) is 12.5 Å². The summed E-state index contributed by atoms with van der Waals surface area (Å²) in [6.45, 7) is 4.16. The van der Waals surface area contributed by atoms with E-state index in [1.807, 2.05) is 25.1 Å². The van der Waals surface area contributed by atoms with Crippen molar-refractivity contribution in [2.45, 2.75) is 19.8 Å². The molecule has 23 heavy (non-hydrogen) atoms. The molecule has 1 aliphatic rings. The summed E-state index contributed by atoms with van der Waals surface area (Å²) in [6.07, 6.45) is 1.78. The highest BCUT2D eigenvalue weighted by atomic mass is 16.5. The zero-order valence-corrected chi connectivity index (χ0v) is 13.6. The van der Waals surface area contributed by atoms with Crippen LogP contribution in [0.4, 0.5) is 5.69 Å². The van der Waals surface area contributed by atoms with Crippen LogP contribution in [-0.4, -0.2) is 45.2 Å². The van der Waals surface area contributed by atoms with Gasteiger partial charge in [-0.25, -0.2) is 0 Å². The highest BCUT2D eigenvalue weighted by Crippen LogP contribution is 2.32. The summed E-state index contributed by atoms with van der Waals surface area (Å²) in [5.41, 5.74) is 0.816. The normalized spacial score (nSPS) is 13.9. The Labute approximate surface area is 136 Å². The number of anilines is 1. The monoisotopic (exact) mass is 320 g/mol. The number of rotatable bonds is 5. The first-order valence-corrected chi connectivity index (χ1v) is 7.87. The molecule has 1 aliphatic heterocycles. The minimum absolute atomic E-state index is 0.0616. The molecule has 0 atom stereocenters. The number of hydrogen-bond donors (Lipinski definition) is 3. The molecule has 0 spiro atoms. The van der Waals surface area contributed by atoms with E-state index in [1.165, 1.54) is 0 Å². The molecular formula is C16H24N4O3. The molecule has 0 unspecified atom stereocenters. The minimum atomic E-state index is -0.0616. The third kappa shape index (κ3) is 5.36. The minimum Gasteiger partial charge on any atom is -0.490 e. The Morgan fingerprint density at radius 3 is 2.74 bits per heavy atom. The van der Waals surface area contributed by atoms with E-state index in [0.717, 1.165) is 24.3 Å². The topological polar surface area (TPSA) is 84.0 Å². The van der Waals surface area contributed by atoms with Gasteiger partial charge in [0.25, 0.3) is 0 Å². The van der Waals surface area contributed by atoms with Gasteiger partial charge in [-0.1, -0.05) is 6.92 Å². The van der Waals surface area contributed by atoms with Crippen LogP contribution in [0.25, 0.3) is 0 Å². The van der Waals surface area contributed by atoms with E-state index in [0.29, 0.717) is 31.5 Å². The number of guanidine groups is 1. The maximum absolute atomic E-state index is 11.6. The van der Waals surface area contributed by atoms with E-state index in [2.05, 4.69) is 20.9 Å². The second-order valence-electron chi connectivity index (χ2n) is 5.11. The van der Waals surface area contributed by atoms with Crippen molar-refractivity contribution in [1.29, 1.82) is 0 Å². The zero-order chi connectivity index (χ0) is 16.5. The van der Waals surface area contributed by atoms with Crippen LogP contribution in [0.1, 0.15) is 19.8 Å². The molecule has 0 saturated carbocycles. The van der Waals surface area contributed by atoms with Crippen molar-refractivity contribution in [3.63, 3.8) is 0 Å². The Morgan fingerprint density at radius 2 is 2.00 bits per heavy atom. The number of nitrogens with zero attached hydrogens (tertiary/aromatic N) is 1. The van der Waals surface area contributed by atoms with Crippen molar-refractivity contribution >= 4 is 17.6 Å². The van der Waals surface area contributed by atoms with Crippen LogP contribution in [-0.2, 0) is 4.79 Å². The van der Waals surface area contributed by atoms with Gasteiger partial charge in [-0.15, -0.1) is 0 Å². The van der Waals surface area contributed by atoms with E-state index in [4.69, 9.17) is 9.47 Å². The number of carbonyl (C=O) groups is 1. The fourth-order valence-corrected chi connectivity index (χ4v) is 2.05. The lowest BCUT2D eigenvalue weighted by Gasteiger charge is -2.14. The van der Waals surface area contributed by atoms with Crippen molar-refractivity contribution in [2.24, 2.45) is 4.99 Å². The van der Waals surface area contributed by atoms with Crippen LogP contribution < -0.4 is 25.4 Å². The van der Waals surface area contributed by atoms with E-state index in [9.17, 15) is 4.79 Å². The van der Waals surface area contributed by atoms with Gasteiger partial charge in [0.1, 0.15) is 0 Å². The molecule has 7 heteroatoms. The number of aliphatic imine (C=N–C) groups is 1. The third-order valence-corrected chi connectivity index (χ3v) is 3.22. The van der Waals surface area contributed by atoms with Crippen LogP contribution in [0.15, 0.2) is 23.2 Å². The molecule has 1 heterocycles. The average molecular weight is 320 g/mol. The second-order valence-corrected chi connectivity index (χ2v) is 5.11. The summed E-state index contributed by atoms with van der Waals surface area (Å²) >= 11 is 0. The first-order valence-electron chi connectivity index (χ1n) is 7.87. The Balaban J connectivity index is 1.91. The van der Waals surface area contributed by atoms with E-state index >= 15 is 0 Å². The van der Waals surface area contributed by atoms with Gasteiger partial charge < -0.3 is 25.4 Å². The van der Waals surface area contributed by atoms with Crippen molar-refractivity contribution in [2.75, 3.05) is 38.7 Å². The van der Waals surface area contributed by atoms with Crippen LogP contribution in [0.3, 0.4) is 0 Å². The molecule has 0 radical (unpaired) electrons. The smallest absolute Gasteiger partial charge is 0.239 e. The highest BCUT2D eigenvalue weighted by Gasteiger charge is 2.11. The van der Waals surface area contributed by atoms with Gasteiger partial charge in [0.15, 0.2) is 17.5 Å². The fourth-order valence-electron chi connectivity index (χ4n) is 2.05. The molecule has 0 fully saturated rings. The number of ether oxygens (including phenoxy) is 2. The van der Waals surface area contributed by atoms with Crippen LogP contribution >= 0.6 is 0 Å². The molecule has 0 bridgehead atoms. The van der Waals surface area contributed by atoms with Crippen LogP contribution in [0, 0.1) is 0 Å². The van der Waals surface area contributed by atoms with Crippen molar-refractivity contribution in [1.82, 2.24) is 10.6 Å². The van der Waals surface area contributed by atoms with Gasteiger partial charge >= 0.3 is 0 Å². The molecule has 1 aromatic carbocycles. The molecular weight excluding hydrogens is 296 g/mol. The first-order chi connectivity index (χ1) is 11.2. The lowest BCUT2D eigenvalue weighted by molar-refractivity contribution is -0.119. The van der Waals surface area contributed by atoms with Gasteiger partial charge in [0, 0.05) is 31.8 Å². The third-order valence-electron chi connectivity index (χ3n) is 3.22. The lowest BCUT2D eigenvalue weighted by Crippen LogP contribution is -2.40. The Kier molecular flexibility index (Phi) is 6.53. The molecule has 3 N–H and O–H groups in total. The lowest BCUT2D eigenvalue weighted by atomic mass is 10.3. The Bertz CT molecular complexity index is 560. The maximum Gasteiger partial charge on any atom is 0.239 e. The van der Waals surface area contributed by atoms with Gasteiger partial charge in [-0.2, -0.15) is 0 Å². The molecule has 1 aromatic rings. The number of nitrogens with one attached hydrogen (secondary N) is 3. The summed E-state index contributed by atoms with van der Waals surface area (Å²) < 4.78 is 11.3. The summed E-state index contributed by atoms with van der Waals surface area (Å²) in [5.74, 6) is 1.91. The molecule has 0 aliphatic carbocycles. The van der Waals surface area contributed by atoms with Gasteiger partial charge in [0.2, 0.25) is 5.91 Å². The van der Waals surface area contributed by atoms with Crippen molar-refractivity contribution < 1.29 is 14.3 Å². The largest absolute Gasteiger partial charge is 0.490 e. The zero-order valence-electron chi connectivity index (χ0n) is 13.6. The number of hydrogen-bond acceptors (Lipinski definition) is 4. The molecule has 1 amide bonds. The Morgan fingerprint density at radius 1 is 1.22 bits per heavy atom. The summed E-state index contributed by atoms with van der Waals surface area (Å²) in [6, 6.07) is 5.62. The Hall–Kier alpha value is -2.44. The summed E-state index contributed by atoms with van der Waals surface area (Å²) in [5, 5.41) is 8.91. The first kappa shape index (κ1) is 16.9. The number of fused-ring (bicyclic) bond motifs is 1. The number of benzene rings is 1. The molecule has 0 aromatic heterocycles. The van der Waals surface area contributed by atoms with Crippen molar-refractivity contribution in [3.8, 4) is 11.5 Å². The van der Waals surface area contributed by atoms with Gasteiger partial charge in [-0.05, 0) is 18.6 Å². The molecule has 0 saturated heterocycles. The van der Waals surface area contributed by atoms with Crippen LogP contribution in [0.2, 0.25) is 0 Å². The number of carbonyl (C=O) groups excluding carboxylic acids is 1. The van der Waals surface area contributed by atoms with Crippen LogP contribution in [0.5, 0.6) is 11.5 Å². The molecule has 126 valence electrons. The van der Waals surface area contributed by atoms with Gasteiger partial charge in [-0.3, -0.25) is 9.79 Å². The van der Waals surface area contributed by atoms with Crippen molar-refractivity contribution in [3.05, 3.63) is 18.2 Å². The predicted molar refractivity (Wildman–Crippen MR) is 90.3 cm³/mol. The SMILES string of the molecule is CCCNC(=O)CNC(=NC)Nc1ccc2c(c1)OCCCO2. The van der Waals surface area contributed by atoms with Gasteiger partial charge in [0.05, 0.1) is 19.8 Å². The summed E-state index contributed by atoms with van der Waals surface area (Å²) in [7, 11) is 1.66.